The Balaban J connectivity index is 2.48. The fraction of sp³-hybridized carbons (Fsp3) is 0.143. The highest BCUT2D eigenvalue weighted by atomic mass is 16.5. The maximum atomic E-state index is 11.7. The number of carbonyl (C=O) groups is 1. The minimum Gasteiger partial charge on any atom is -0.497 e. The summed E-state index contributed by atoms with van der Waals surface area (Å²) in [6.07, 6.45) is 0. The first kappa shape index (κ1) is 12.1. The number of nitrogens with one attached hydrogen (secondary N) is 1. The van der Waals surface area contributed by atoms with Gasteiger partial charge in [0.05, 0.1) is 12.7 Å². The molecule has 0 fully saturated rings. The minimum atomic E-state index is -0.372. The molecule has 0 aliphatic carbocycles. The summed E-state index contributed by atoms with van der Waals surface area (Å²) < 4.78 is 5.12. The van der Waals surface area contributed by atoms with Crippen LogP contribution in [0.3, 0.4) is 0 Å². The van der Waals surface area contributed by atoms with Crippen LogP contribution in [-0.2, 0) is 0 Å². The van der Waals surface area contributed by atoms with Crippen LogP contribution in [0.25, 0.3) is 11.3 Å². The van der Waals surface area contributed by atoms with Gasteiger partial charge in [-0.05, 0) is 31.2 Å². The summed E-state index contributed by atoms with van der Waals surface area (Å²) in [5.74, 6) is 0.470. The van der Waals surface area contributed by atoms with E-state index in [1.165, 1.54) is 13.0 Å². The quantitative estimate of drug-likeness (QED) is 0.841. The standard InChI is InChI=1S/C14H13NO3/c1-9(16)12-6-7-13(15-14(12)17)10-4-3-5-11(8-10)18-2/h3-8H,1-2H3,(H,15,17). The number of carbonyl (C=O) groups excluding carboxylic acids is 1. The van der Waals surface area contributed by atoms with E-state index in [0.29, 0.717) is 11.4 Å². The Hall–Kier alpha value is -2.36. The summed E-state index contributed by atoms with van der Waals surface area (Å²) in [6.45, 7) is 1.37. The molecule has 0 aliphatic rings. The van der Waals surface area contributed by atoms with Gasteiger partial charge in [-0.3, -0.25) is 9.59 Å². The van der Waals surface area contributed by atoms with Crippen molar-refractivity contribution >= 4 is 5.78 Å². The van der Waals surface area contributed by atoms with Crippen molar-refractivity contribution in [2.75, 3.05) is 7.11 Å². The SMILES string of the molecule is COc1cccc(-c2ccc(C(C)=O)c(=O)[nH]2)c1. The monoisotopic (exact) mass is 243 g/mol. The zero-order valence-corrected chi connectivity index (χ0v) is 10.2. The number of Topliss-reactive ketones (excluding diaryl/α,β-unsaturated/α-hetero) is 1. The molecule has 1 aromatic carbocycles. The van der Waals surface area contributed by atoms with Gasteiger partial charge in [0.1, 0.15) is 5.75 Å². The largest absolute Gasteiger partial charge is 0.497 e. The average Bonchev–Trinajstić information content (AvgIpc) is 2.38. The number of ether oxygens (including phenoxy) is 1. The van der Waals surface area contributed by atoms with Gasteiger partial charge in [0, 0.05) is 11.3 Å². The lowest BCUT2D eigenvalue weighted by Crippen LogP contribution is -2.15. The van der Waals surface area contributed by atoms with Crippen molar-refractivity contribution in [2.45, 2.75) is 6.92 Å². The van der Waals surface area contributed by atoms with E-state index >= 15 is 0 Å². The first-order valence-electron chi connectivity index (χ1n) is 5.50. The molecule has 0 atom stereocenters. The van der Waals surface area contributed by atoms with Crippen molar-refractivity contribution in [3.63, 3.8) is 0 Å². The molecular formula is C14H13NO3. The van der Waals surface area contributed by atoms with Crippen molar-refractivity contribution in [3.8, 4) is 17.0 Å². The van der Waals surface area contributed by atoms with E-state index in [2.05, 4.69) is 4.98 Å². The van der Waals surface area contributed by atoms with Gasteiger partial charge in [-0.2, -0.15) is 0 Å². The van der Waals surface area contributed by atoms with Crippen LogP contribution in [-0.4, -0.2) is 17.9 Å². The Kier molecular flexibility index (Phi) is 3.28. The first-order chi connectivity index (χ1) is 8.61. The molecule has 0 spiro atoms. The van der Waals surface area contributed by atoms with Crippen molar-refractivity contribution in [3.05, 3.63) is 52.3 Å². The van der Waals surface area contributed by atoms with E-state index in [1.54, 1.807) is 13.2 Å². The summed E-state index contributed by atoms with van der Waals surface area (Å²) in [5.41, 5.74) is 1.29. The zero-order valence-electron chi connectivity index (χ0n) is 10.2. The summed E-state index contributed by atoms with van der Waals surface area (Å²) in [5, 5.41) is 0. The van der Waals surface area contributed by atoms with E-state index in [0.717, 1.165) is 5.56 Å². The molecule has 0 aliphatic heterocycles. The molecule has 2 rings (SSSR count). The van der Waals surface area contributed by atoms with Crippen molar-refractivity contribution < 1.29 is 9.53 Å². The van der Waals surface area contributed by atoms with Gasteiger partial charge in [0.2, 0.25) is 0 Å². The third-order valence-electron chi connectivity index (χ3n) is 2.67. The number of rotatable bonds is 3. The minimum absolute atomic E-state index is 0.168. The van der Waals surface area contributed by atoms with Crippen LogP contribution >= 0.6 is 0 Å². The van der Waals surface area contributed by atoms with Crippen LogP contribution in [0, 0.1) is 0 Å². The maximum absolute atomic E-state index is 11.7. The molecule has 1 heterocycles. The number of aromatic nitrogens is 1. The van der Waals surface area contributed by atoms with Crippen molar-refractivity contribution in [2.24, 2.45) is 0 Å². The summed E-state index contributed by atoms with van der Waals surface area (Å²) in [7, 11) is 1.58. The molecule has 4 heteroatoms. The molecule has 0 radical (unpaired) electrons. The molecule has 18 heavy (non-hydrogen) atoms. The molecule has 0 amide bonds. The van der Waals surface area contributed by atoms with Gasteiger partial charge in [-0.25, -0.2) is 0 Å². The highest BCUT2D eigenvalue weighted by Crippen LogP contribution is 2.21. The first-order valence-corrected chi connectivity index (χ1v) is 5.50. The number of aromatic amines is 1. The van der Waals surface area contributed by atoms with E-state index in [9.17, 15) is 9.59 Å². The van der Waals surface area contributed by atoms with Crippen molar-refractivity contribution in [1.29, 1.82) is 0 Å². The number of hydrogen-bond acceptors (Lipinski definition) is 3. The number of methoxy groups -OCH3 is 1. The molecular weight excluding hydrogens is 230 g/mol. The second-order valence-electron chi connectivity index (χ2n) is 3.90. The third-order valence-corrected chi connectivity index (χ3v) is 2.67. The zero-order chi connectivity index (χ0) is 13.1. The molecule has 1 aromatic heterocycles. The Morgan fingerprint density at radius 2 is 2.00 bits per heavy atom. The Labute approximate surface area is 104 Å². The maximum Gasteiger partial charge on any atom is 0.259 e. The molecule has 1 N–H and O–H groups in total. The molecule has 0 bridgehead atoms. The lowest BCUT2D eigenvalue weighted by Gasteiger charge is -2.05. The molecule has 0 saturated carbocycles. The topological polar surface area (TPSA) is 59.2 Å². The number of benzene rings is 1. The van der Waals surface area contributed by atoms with Crippen LogP contribution < -0.4 is 10.3 Å². The van der Waals surface area contributed by atoms with Gasteiger partial charge in [0.15, 0.2) is 5.78 Å². The van der Waals surface area contributed by atoms with Crippen LogP contribution in [0.5, 0.6) is 5.75 Å². The predicted molar refractivity (Wildman–Crippen MR) is 69.1 cm³/mol. The lowest BCUT2D eigenvalue weighted by molar-refractivity contribution is 0.101. The summed E-state index contributed by atoms with van der Waals surface area (Å²) >= 11 is 0. The Morgan fingerprint density at radius 3 is 2.61 bits per heavy atom. The summed E-state index contributed by atoms with van der Waals surface area (Å²) in [4.78, 5) is 25.6. The fourth-order valence-electron chi connectivity index (χ4n) is 1.71. The normalized spacial score (nSPS) is 10.1. The summed E-state index contributed by atoms with van der Waals surface area (Å²) in [6, 6.07) is 10.6. The highest BCUT2D eigenvalue weighted by molar-refractivity contribution is 5.93. The highest BCUT2D eigenvalue weighted by Gasteiger charge is 2.07. The van der Waals surface area contributed by atoms with Crippen molar-refractivity contribution in [1.82, 2.24) is 4.98 Å². The smallest absolute Gasteiger partial charge is 0.259 e. The second kappa shape index (κ2) is 4.87. The van der Waals surface area contributed by atoms with E-state index in [4.69, 9.17) is 4.74 Å². The Morgan fingerprint density at radius 1 is 1.22 bits per heavy atom. The number of ketones is 1. The molecule has 92 valence electrons. The molecule has 0 saturated heterocycles. The number of H-pyrrole nitrogens is 1. The van der Waals surface area contributed by atoms with Crippen LogP contribution in [0.2, 0.25) is 0 Å². The van der Waals surface area contributed by atoms with Gasteiger partial charge in [-0.15, -0.1) is 0 Å². The molecule has 0 unspecified atom stereocenters. The van der Waals surface area contributed by atoms with Gasteiger partial charge in [0.25, 0.3) is 5.56 Å². The van der Waals surface area contributed by atoms with E-state index in [1.807, 2.05) is 24.3 Å². The van der Waals surface area contributed by atoms with Crippen LogP contribution in [0.4, 0.5) is 0 Å². The number of hydrogen-bond donors (Lipinski definition) is 1. The van der Waals surface area contributed by atoms with E-state index < -0.39 is 0 Å². The molecule has 4 nitrogen and oxygen atoms in total. The van der Waals surface area contributed by atoms with Crippen LogP contribution in [0.1, 0.15) is 17.3 Å². The molecule has 2 aromatic rings. The number of pyridine rings is 1. The average molecular weight is 243 g/mol. The van der Waals surface area contributed by atoms with Gasteiger partial charge in [-0.1, -0.05) is 12.1 Å². The fourth-order valence-corrected chi connectivity index (χ4v) is 1.71. The lowest BCUT2D eigenvalue weighted by atomic mass is 10.1. The van der Waals surface area contributed by atoms with Gasteiger partial charge >= 0.3 is 0 Å². The second-order valence-corrected chi connectivity index (χ2v) is 3.90. The predicted octanol–water partition coefficient (Wildman–Crippen LogP) is 2.25. The Bertz CT molecular complexity index is 643. The van der Waals surface area contributed by atoms with Crippen LogP contribution in [0.15, 0.2) is 41.2 Å². The third kappa shape index (κ3) is 2.32. The van der Waals surface area contributed by atoms with E-state index in [-0.39, 0.29) is 16.9 Å². The van der Waals surface area contributed by atoms with Gasteiger partial charge < -0.3 is 9.72 Å².